The van der Waals surface area contributed by atoms with Crippen LogP contribution in [0, 0.1) is 0 Å². The predicted molar refractivity (Wildman–Crippen MR) is 141 cm³/mol. The molecule has 1 fully saturated rings. The van der Waals surface area contributed by atoms with Crippen molar-refractivity contribution in [2.75, 3.05) is 25.4 Å². The molecule has 1 aliphatic heterocycles. The molecule has 7 heteroatoms. The monoisotopic (exact) mass is 474 g/mol. The van der Waals surface area contributed by atoms with Crippen LogP contribution >= 0.6 is 0 Å². The minimum absolute atomic E-state index is 0.0476. The number of nitrogens with two attached hydrogens (primary N) is 1. The normalized spacial score (nSPS) is 15.7. The summed E-state index contributed by atoms with van der Waals surface area (Å²) < 4.78 is 5.89. The number of anilines is 1. The number of benzene rings is 2. The highest BCUT2D eigenvalue weighted by Crippen LogP contribution is 2.39. The van der Waals surface area contributed by atoms with Crippen LogP contribution in [0.25, 0.3) is 33.4 Å². The van der Waals surface area contributed by atoms with Crippen molar-refractivity contribution in [2.24, 2.45) is 0 Å². The zero-order chi connectivity index (χ0) is 24.3. The third-order valence-electron chi connectivity index (χ3n) is 6.52. The highest BCUT2D eigenvalue weighted by molar-refractivity contribution is 6.03. The molecule has 0 saturated carbocycles. The Balaban J connectivity index is 1.57. The number of morpholine rings is 1. The van der Waals surface area contributed by atoms with Gasteiger partial charge in [-0.15, -0.1) is 0 Å². The maximum Gasteiger partial charge on any atom is 0.165 e. The molecule has 0 bridgehead atoms. The summed E-state index contributed by atoms with van der Waals surface area (Å²) in [5, 5.41) is 4.13. The second-order valence-corrected chi connectivity index (χ2v) is 8.84. The van der Waals surface area contributed by atoms with Crippen LogP contribution in [0.5, 0.6) is 0 Å². The molecule has 0 radical (unpaired) electrons. The highest BCUT2D eigenvalue weighted by Gasteiger charge is 2.22. The molecular formula is C29H26N6O. The zero-order valence-electron chi connectivity index (χ0n) is 19.8. The summed E-state index contributed by atoms with van der Waals surface area (Å²) in [5.74, 6) is 0.419. The van der Waals surface area contributed by atoms with Gasteiger partial charge in [0.1, 0.15) is 18.2 Å². The SMILES string of the molecule is Nc1ncnc2nc(-c3ccc(C4CNCCO4)nc3)c(Cc3ccccc3)c(-c3ccccc3)c12. The lowest BCUT2D eigenvalue weighted by Gasteiger charge is -2.23. The summed E-state index contributed by atoms with van der Waals surface area (Å²) in [5.41, 5.74) is 13.9. The topological polar surface area (TPSA) is 98.8 Å². The van der Waals surface area contributed by atoms with E-state index in [1.807, 2.05) is 36.5 Å². The fraction of sp³-hybridized carbons (Fsp3) is 0.172. The first kappa shape index (κ1) is 22.3. The van der Waals surface area contributed by atoms with Gasteiger partial charge in [0.25, 0.3) is 0 Å². The molecule has 0 aliphatic carbocycles. The standard InChI is InChI=1S/C29H26N6O/c30-28-26-25(20-9-5-2-6-10-20)22(15-19-7-3-1-4-8-19)27(35-29(26)34-18-33-28)21-11-12-23(32-16-21)24-17-31-13-14-36-24/h1-12,16,18,24,31H,13-15,17H2,(H2,30,33,34,35). The van der Waals surface area contributed by atoms with Gasteiger partial charge in [0.05, 0.1) is 23.4 Å². The lowest BCUT2D eigenvalue weighted by molar-refractivity contribution is 0.0250. The lowest BCUT2D eigenvalue weighted by Crippen LogP contribution is -2.33. The number of pyridine rings is 2. The minimum Gasteiger partial charge on any atom is -0.383 e. The molecule has 5 aromatic rings. The van der Waals surface area contributed by atoms with Crippen LogP contribution < -0.4 is 11.1 Å². The fourth-order valence-electron chi connectivity index (χ4n) is 4.78. The number of fused-ring (bicyclic) bond motifs is 1. The molecule has 1 saturated heterocycles. The number of nitrogens with one attached hydrogen (secondary N) is 1. The first-order valence-corrected chi connectivity index (χ1v) is 12.1. The van der Waals surface area contributed by atoms with Crippen LogP contribution in [-0.2, 0) is 11.2 Å². The number of nitrogen functional groups attached to an aromatic ring is 1. The number of rotatable bonds is 5. The van der Waals surface area contributed by atoms with Crippen LogP contribution in [0.3, 0.4) is 0 Å². The molecule has 1 atom stereocenters. The summed E-state index contributed by atoms with van der Waals surface area (Å²) in [6.07, 6.45) is 3.98. The van der Waals surface area contributed by atoms with Gasteiger partial charge >= 0.3 is 0 Å². The maximum absolute atomic E-state index is 6.42. The summed E-state index contributed by atoms with van der Waals surface area (Å²) >= 11 is 0. The van der Waals surface area contributed by atoms with E-state index in [0.717, 1.165) is 52.1 Å². The Morgan fingerprint density at radius 1 is 0.889 bits per heavy atom. The third kappa shape index (κ3) is 4.30. The highest BCUT2D eigenvalue weighted by atomic mass is 16.5. The molecule has 1 unspecified atom stereocenters. The summed E-state index contributed by atoms with van der Waals surface area (Å²) in [6, 6.07) is 24.7. The third-order valence-corrected chi connectivity index (χ3v) is 6.52. The van der Waals surface area contributed by atoms with E-state index in [1.54, 1.807) is 0 Å². The second kappa shape index (κ2) is 9.81. The molecule has 4 heterocycles. The molecule has 0 spiro atoms. The number of ether oxygens (including phenoxy) is 1. The van der Waals surface area contributed by atoms with E-state index in [9.17, 15) is 0 Å². The minimum atomic E-state index is -0.0476. The summed E-state index contributed by atoms with van der Waals surface area (Å²) in [4.78, 5) is 18.6. The molecule has 6 rings (SSSR count). The van der Waals surface area contributed by atoms with E-state index in [-0.39, 0.29) is 6.10 Å². The van der Waals surface area contributed by atoms with Crippen LogP contribution in [0.2, 0.25) is 0 Å². The zero-order valence-corrected chi connectivity index (χ0v) is 19.8. The second-order valence-electron chi connectivity index (χ2n) is 8.84. The van der Waals surface area contributed by atoms with Gasteiger partial charge in [-0.2, -0.15) is 0 Å². The number of nitrogens with zero attached hydrogens (tertiary/aromatic N) is 4. The first-order valence-electron chi connectivity index (χ1n) is 12.1. The largest absolute Gasteiger partial charge is 0.383 e. The maximum atomic E-state index is 6.42. The summed E-state index contributed by atoms with van der Waals surface area (Å²) in [6.45, 7) is 2.31. The van der Waals surface area contributed by atoms with Crippen LogP contribution in [0.1, 0.15) is 22.9 Å². The average molecular weight is 475 g/mol. The van der Waals surface area contributed by atoms with Crippen molar-refractivity contribution in [3.8, 4) is 22.4 Å². The first-order chi connectivity index (χ1) is 17.8. The molecule has 3 aromatic heterocycles. The Kier molecular flexibility index (Phi) is 6.07. The molecule has 1 aliphatic rings. The Hall–Kier alpha value is -4.20. The quantitative estimate of drug-likeness (QED) is 0.384. The van der Waals surface area contributed by atoms with Gasteiger partial charge in [0.15, 0.2) is 5.65 Å². The van der Waals surface area contributed by atoms with Crippen molar-refractivity contribution >= 4 is 16.9 Å². The molecule has 0 amide bonds. The predicted octanol–water partition coefficient (Wildman–Crippen LogP) is 4.59. The van der Waals surface area contributed by atoms with Crippen molar-refractivity contribution in [3.63, 3.8) is 0 Å². The van der Waals surface area contributed by atoms with E-state index in [0.29, 0.717) is 24.5 Å². The van der Waals surface area contributed by atoms with E-state index in [2.05, 4.69) is 57.7 Å². The van der Waals surface area contributed by atoms with E-state index < -0.39 is 0 Å². The van der Waals surface area contributed by atoms with Gasteiger partial charge in [-0.3, -0.25) is 4.98 Å². The smallest absolute Gasteiger partial charge is 0.165 e. The van der Waals surface area contributed by atoms with Crippen LogP contribution in [-0.4, -0.2) is 39.6 Å². The van der Waals surface area contributed by atoms with Crippen molar-refractivity contribution < 1.29 is 4.74 Å². The van der Waals surface area contributed by atoms with Crippen LogP contribution in [0.4, 0.5) is 5.82 Å². The summed E-state index contributed by atoms with van der Waals surface area (Å²) in [7, 11) is 0. The molecular weight excluding hydrogens is 448 g/mol. The van der Waals surface area contributed by atoms with Crippen molar-refractivity contribution in [1.82, 2.24) is 25.3 Å². The van der Waals surface area contributed by atoms with E-state index >= 15 is 0 Å². The Labute approximate surface area is 209 Å². The molecule has 7 nitrogen and oxygen atoms in total. The van der Waals surface area contributed by atoms with Crippen molar-refractivity contribution in [1.29, 1.82) is 0 Å². The number of aromatic nitrogens is 4. The molecule has 2 aromatic carbocycles. The lowest BCUT2D eigenvalue weighted by atomic mass is 9.89. The molecule has 178 valence electrons. The van der Waals surface area contributed by atoms with Gasteiger partial charge in [0, 0.05) is 36.8 Å². The Bertz CT molecular complexity index is 1480. The Morgan fingerprint density at radius 2 is 1.69 bits per heavy atom. The van der Waals surface area contributed by atoms with Gasteiger partial charge in [-0.25, -0.2) is 15.0 Å². The van der Waals surface area contributed by atoms with Crippen molar-refractivity contribution in [3.05, 3.63) is 102 Å². The van der Waals surface area contributed by atoms with Crippen molar-refractivity contribution in [2.45, 2.75) is 12.5 Å². The van der Waals surface area contributed by atoms with Gasteiger partial charge in [-0.05, 0) is 28.8 Å². The van der Waals surface area contributed by atoms with Gasteiger partial charge < -0.3 is 15.8 Å². The van der Waals surface area contributed by atoms with Gasteiger partial charge in [-0.1, -0.05) is 60.7 Å². The average Bonchev–Trinajstić information content (AvgIpc) is 2.95. The van der Waals surface area contributed by atoms with E-state index in [1.165, 1.54) is 11.9 Å². The van der Waals surface area contributed by atoms with E-state index in [4.69, 9.17) is 20.4 Å². The number of hydrogen-bond donors (Lipinski definition) is 2. The fourth-order valence-corrected chi connectivity index (χ4v) is 4.78. The molecule has 3 N–H and O–H groups in total. The number of hydrogen-bond acceptors (Lipinski definition) is 7. The van der Waals surface area contributed by atoms with Crippen LogP contribution in [0.15, 0.2) is 85.3 Å². The van der Waals surface area contributed by atoms with Gasteiger partial charge in [0.2, 0.25) is 0 Å². The molecule has 36 heavy (non-hydrogen) atoms. The Morgan fingerprint density at radius 3 is 2.42 bits per heavy atom.